The Labute approximate surface area is 102 Å². The zero-order valence-corrected chi connectivity index (χ0v) is 12.8. The van der Waals surface area contributed by atoms with Crippen LogP contribution < -0.4 is 17.5 Å². The van der Waals surface area contributed by atoms with Gasteiger partial charge in [0.15, 0.2) is 0 Å². The second-order valence-corrected chi connectivity index (χ2v) is 8.39. The summed E-state index contributed by atoms with van der Waals surface area (Å²) in [6.45, 7) is 3.95. The molecule has 1 aliphatic heterocycles. The first kappa shape index (κ1) is 12.4. The van der Waals surface area contributed by atoms with Gasteiger partial charge in [-0.25, -0.2) is 0 Å². The summed E-state index contributed by atoms with van der Waals surface area (Å²) in [5, 5.41) is 0. The Hall–Kier alpha value is 1.38. The molecule has 0 spiro atoms. The third-order valence-corrected chi connectivity index (χ3v) is 8.07. The SMILES string of the molecule is CN1CCC(CCN(C)[I-]I)CC1. The van der Waals surface area contributed by atoms with E-state index in [0.29, 0.717) is 17.5 Å². The molecule has 4 heteroatoms. The number of hydrogen-bond donors (Lipinski definition) is 0. The number of likely N-dealkylation sites (tertiary alicyclic amines) is 1. The van der Waals surface area contributed by atoms with Crippen molar-refractivity contribution < 1.29 is 17.5 Å². The molecule has 1 aliphatic rings. The Bertz CT molecular complexity index is 136. The fourth-order valence-electron chi connectivity index (χ4n) is 1.74. The average molecular weight is 409 g/mol. The van der Waals surface area contributed by atoms with Crippen molar-refractivity contribution in [3.63, 3.8) is 0 Å². The van der Waals surface area contributed by atoms with E-state index in [0.717, 1.165) is 5.92 Å². The maximum absolute atomic E-state index is 2.54. The molecule has 1 rings (SSSR count). The average Bonchev–Trinajstić information content (AvgIpc) is 2.16. The molecular weight excluding hydrogens is 390 g/mol. The van der Waals surface area contributed by atoms with Crippen LogP contribution in [0.2, 0.25) is 0 Å². The number of halogens is 2. The summed E-state index contributed by atoms with van der Waals surface area (Å²) < 4.78 is 2.51. The minimum absolute atomic E-state index is 0.300. The van der Waals surface area contributed by atoms with Crippen molar-refractivity contribution in [1.29, 1.82) is 0 Å². The quantitative estimate of drug-likeness (QED) is 0.435. The molecule has 0 bridgehead atoms. The molecule has 0 saturated carbocycles. The summed E-state index contributed by atoms with van der Waals surface area (Å²) in [4.78, 5) is 2.45. The predicted octanol–water partition coefficient (Wildman–Crippen LogP) is -0.996. The molecule has 1 heterocycles. The van der Waals surface area contributed by atoms with E-state index in [9.17, 15) is 0 Å². The zero-order valence-electron chi connectivity index (χ0n) is 8.47. The van der Waals surface area contributed by atoms with E-state index in [1.165, 1.54) is 38.9 Å². The Morgan fingerprint density at radius 2 is 2.08 bits per heavy atom. The Morgan fingerprint density at radius 1 is 1.46 bits per heavy atom. The Balaban J connectivity index is 2.08. The van der Waals surface area contributed by atoms with Gasteiger partial charge in [0.1, 0.15) is 0 Å². The maximum atomic E-state index is 2.54. The van der Waals surface area contributed by atoms with Gasteiger partial charge in [0.25, 0.3) is 0 Å². The fraction of sp³-hybridized carbons (Fsp3) is 1.00. The minimum atomic E-state index is 0.300. The van der Waals surface area contributed by atoms with Crippen molar-refractivity contribution in [1.82, 2.24) is 8.01 Å². The summed E-state index contributed by atoms with van der Waals surface area (Å²) in [5.41, 5.74) is 0. The van der Waals surface area contributed by atoms with Crippen LogP contribution in [0.5, 0.6) is 0 Å². The fourth-order valence-corrected chi connectivity index (χ4v) is 3.43. The van der Waals surface area contributed by atoms with Crippen LogP contribution in [-0.2, 0) is 0 Å². The summed E-state index contributed by atoms with van der Waals surface area (Å²) in [6.07, 6.45) is 4.26. The van der Waals surface area contributed by atoms with Crippen molar-refractivity contribution in [2.75, 3.05) is 33.7 Å². The first-order valence-electron chi connectivity index (χ1n) is 4.88. The van der Waals surface area contributed by atoms with Gasteiger partial charge in [-0.15, -0.1) is 0 Å². The van der Waals surface area contributed by atoms with Gasteiger partial charge in [-0.05, 0) is 0 Å². The number of piperidine rings is 1. The summed E-state index contributed by atoms with van der Waals surface area (Å²) in [7, 11) is 4.49. The van der Waals surface area contributed by atoms with E-state index >= 15 is 0 Å². The zero-order chi connectivity index (χ0) is 9.68. The second kappa shape index (κ2) is 6.79. The van der Waals surface area contributed by atoms with Crippen LogP contribution >= 0.6 is 18.6 Å². The second-order valence-electron chi connectivity index (χ2n) is 3.93. The van der Waals surface area contributed by atoms with E-state index in [-0.39, 0.29) is 0 Å². The predicted molar refractivity (Wildman–Crippen MR) is 61.5 cm³/mol. The normalized spacial score (nSPS) is 21.5. The van der Waals surface area contributed by atoms with Gasteiger partial charge in [-0.3, -0.25) is 0 Å². The van der Waals surface area contributed by atoms with E-state index in [1.54, 1.807) is 0 Å². The van der Waals surface area contributed by atoms with Crippen molar-refractivity contribution >= 4 is 18.6 Å². The molecule has 0 atom stereocenters. The number of hydrogen-bond acceptors (Lipinski definition) is 2. The van der Waals surface area contributed by atoms with E-state index in [1.807, 2.05) is 0 Å². The van der Waals surface area contributed by atoms with E-state index in [4.69, 9.17) is 0 Å². The van der Waals surface area contributed by atoms with E-state index < -0.39 is 0 Å². The van der Waals surface area contributed by atoms with Crippen molar-refractivity contribution in [2.24, 2.45) is 5.92 Å². The van der Waals surface area contributed by atoms with Crippen molar-refractivity contribution in [3.05, 3.63) is 0 Å². The van der Waals surface area contributed by atoms with Crippen LogP contribution in [0.1, 0.15) is 19.3 Å². The van der Waals surface area contributed by atoms with Crippen LogP contribution in [0.3, 0.4) is 0 Å². The molecule has 0 aromatic carbocycles. The van der Waals surface area contributed by atoms with Gasteiger partial charge in [0, 0.05) is 0 Å². The first-order chi connectivity index (χ1) is 6.22. The van der Waals surface area contributed by atoms with Crippen molar-refractivity contribution in [3.8, 4) is 0 Å². The molecular formula is C9H19I2N2-. The molecule has 0 aromatic rings. The monoisotopic (exact) mass is 409 g/mol. The molecule has 0 unspecified atom stereocenters. The molecule has 0 amide bonds. The van der Waals surface area contributed by atoms with Gasteiger partial charge >= 0.3 is 103 Å². The number of rotatable bonds is 4. The Morgan fingerprint density at radius 3 is 2.62 bits per heavy atom. The molecule has 0 N–H and O–H groups in total. The van der Waals surface area contributed by atoms with E-state index in [2.05, 4.69) is 40.7 Å². The van der Waals surface area contributed by atoms with Crippen LogP contribution in [0.4, 0.5) is 0 Å². The number of nitrogens with zero attached hydrogens (tertiary/aromatic N) is 2. The molecule has 1 fully saturated rings. The third-order valence-electron chi connectivity index (χ3n) is 2.79. The summed E-state index contributed by atoms with van der Waals surface area (Å²) >= 11 is 2.84. The Kier molecular flexibility index (Phi) is 6.50. The molecule has 80 valence electrons. The molecule has 2 nitrogen and oxygen atoms in total. The van der Waals surface area contributed by atoms with Crippen LogP contribution in [0.15, 0.2) is 0 Å². The van der Waals surface area contributed by atoms with Gasteiger partial charge in [0.2, 0.25) is 0 Å². The first-order valence-corrected chi connectivity index (χ1v) is 12.1. The molecule has 13 heavy (non-hydrogen) atoms. The van der Waals surface area contributed by atoms with Gasteiger partial charge in [0.05, 0.1) is 0 Å². The van der Waals surface area contributed by atoms with Gasteiger partial charge in [-0.2, -0.15) is 0 Å². The van der Waals surface area contributed by atoms with Crippen LogP contribution in [0, 0.1) is 5.92 Å². The molecule has 1 saturated heterocycles. The third kappa shape index (κ3) is 5.13. The van der Waals surface area contributed by atoms with Crippen molar-refractivity contribution in [2.45, 2.75) is 19.3 Å². The van der Waals surface area contributed by atoms with Crippen LogP contribution in [0.25, 0.3) is 0 Å². The van der Waals surface area contributed by atoms with Gasteiger partial charge in [-0.1, -0.05) is 0 Å². The van der Waals surface area contributed by atoms with Gasteiger partial charge < -0.3 is 0 Å². The molecule has 0 aliphatic carbocycles. The molecule has 0 aromatic heterocycles. The summed E-state index contributed by atoms with van der Waals surface area (Å²) in [5.74, 6) is 1.01. The standard InChI is InChI=1S/C9H19I2N2/c1-12-6-3-9(4-7-12)5-8-13(2)11-10/h9H,3-8H2,1-2H3/q-1. The van der Waals surface area contributed by atoms with Crippen LogP contribution in [-0.4, -0.2) is 41.7 Å². The molecule has 0 radical (unpaired) electrons. The topological polar surface area (TPSA) is 6.48 Å². The summed E-state index contributed by atoms with van der Waals surface area (Å²) in [6, 6.07) is 0.